The van der Waals surface area contributed by atoms with Gasteiger partial charge in [-0.2, -0.15) is 5.10 Å². The van der Waals surface area contributed by atoms with Crippen LogP contribution in [0, 0.1) is 6.92 Å². The van der Waals surface area contributed by atoms with Gasteiger partial charge in [-0.3, -0.25) is 4.68 Å². The number of aromatic nitrogens is 5. The van der Waals surface area contributed by atoms with Gasteiger partial charge in [-0.05, 0) is 31.5 Å². The molecule has 0 saturated heterocycles. The molecule has 7 nitrogen and oxygen atoms in total. The first-order valence-corrected chi connectivity index (χ1v) is 7.48. The second-order valence-electron chi connectivity index (χ2n) is 5.29. The third-order valence-electron chi connectivity index (χ3n) is 3.81. The molecule has 0 bridgehead atoms. The molecule has 0 aliphatic carbocycles. The maximum absolute atomic E-state index is 6.19. The smallest absolute Gasteiger partial charge is 0.184 e. The number of aryl methyl sites for hydroxylation is 2. The molecule has 0 amide bonds. The average Bonchev–Trinajstić information content (AvgIpc) is 3.12. The van der Waals surface area contributed by atoms with E-state index in [-0.39, 0.29) is 0 Å². The van der Waals surface area contributed by atoms with E-state index < -0.39 is 0 Å². The second kappa shape index (κ2) is 6.12. The van der Waals surface area contributed by atoms with Crippen molar-refractivity contribution in [2.45, 2.75) is 26.9 Å². The van der Waals surface area contributed by atoms with Gasteiger partial charge in [0.2, 0.25) is 0 Å². The Kier molecular flexibility index (Phi) is 4.01. The maximum Gasteiger partial charge on any atom is 0.184 e. The highest BCUT2D eigenvalue weighted by atomic mass is 16.5. The Balaban J connectivity index is 1.96. The molecule has 0 unspecified atom stereocenters. The highest BCUT2D eigenvalue weighted by molar-refractivity contribution is 5.70. The summed E-state index contributed by atoms with van der Waals surface area (Å²) in [4.78, 5) is 0. The zero-order valence-electron chi connectivity index (χ0n) is 13.5. The molecule has 1 aromatic carbocycles. The molecule has 0 radical (unpaired) electrons. The van der Waals surface area contributed by atoms with Gasteiger partial charge in [-0.1, -0.05) is 12.1 Å². The molecule has 0 fully saturated rings. The van der Waals surface area contributed by atoms with Crippen LogP contribution < -0.4 is 10.5 Å². The van der Waals surface area contributed by atoms with Gasteiger partial charge < -0.3 is 15.0 Å². The van der Waals surface area contributed by atoms with Crippen molar-refractivity contribution in [2.24, 2.45) is 0 Å². The number of nitrogens with two attached hydrogens (primary N) is 1. The molecule has 2 aromatic heterocycles. The Hall–Kier alpha value is -2.83. The lowest BCUT2D eigenvalue weighted by Gasteiger charge is -2.09. The van der Waals surface area contributed by atoms with E-state index in [2.05, 4.69) is 15.3 Å². The Morgan fingerprint density at radius 2 is 1.96 bits per heavy atom. The molecule has 7 heteroatoms. The number of hydrogen-bond acceptors (Lipinski definition) is 5. The quantitative estimate of drug-likeness (QED) is 0.780. The lowest BCUT2D eigenvalue weighted by atomic mass is 10.2. The summed E-state index contributed by atoms with van der Waals surface area (Å²) in [6.45, 7) is 5.30. The summed E-state index contributed by atoms with van der Waals surface area (Å²) in [6.07, 6.45) is 1.71. The van der Waals surface area contributed by atoms with E-state index in [1.807, 2.05) is 47.4 Å². The number of hydrogen-bond donors (Lipinski definition) is 1. The highest BCUT2D eigenvalue weighted by Gasteiger charge is 2.19. The van der Waals surface area contributed by atoms with Crippen LogP contribution in [0.15, 0.2) is 30.6 Å². The number of anilines is 1. The summed E-state index contributed by atoms with van der Waals surface area (Å²) in [5.74, 6) is 1.56. The minimum absolute atomic E-state index is 0.649. The number of benzene rings is 1. The van der Waals surface area contributed by atoms with Gasteiger partial charge in [0.25, 0.3) is 0 Å². The minimum Gasteiger partial charge on any atom is -0.497 e. The summed E-state index contributed by atoms with van der Waals surface area (Å²) in [5.41, 5.74) is 9.59. The van der Waals surface area contributed by atoms with Crippen molar-refractivity contribution >= 4 is 5.69 Å². The lowest BCUT2D eigenvalue weighted by molar-refractivity contribution is 0.414. The van der Waals surface area contributed by atoms with Crippen LogP contribution in [0.4, 0.5) is 5.69 Å². The highest BCUT2D eigenvalue weighted by Crippen LogP contribution is 2.27. The van der Waals surface area contributed by atoms with Crippen molar-refractivity contribution in [3.05, 3.63) is 41.9 Å². The van der Waals surface area contributed by atoms with E-state index in [0.29, 0.717) is 12.2 Å². The standard InChI is InChI=1S/C16H20N6O/c1-4-22-15(14(17)11(2)20-22)16-19-18-10-21(16)9-12-5-7-13(23-3)8-6-12/h5-8,10H,4,9,17H2,1-3H3. The van der Waals surface area contributed by atoms with Gasteiger partial charge >= 0.3 is 0 Å². The zero-order valence-corrected chi connectivity index (χ0v) is 13.5. The SMILES string of the molecule is CCn1nc(C)c(N)c1-c1nncn1Cc1ccc(OC)cc1. The summed E-state index contributed by atoms with van der Waals surface area (Å²) >= 11 is 0. The zero-order chi connectivity index (χ0) is 16.4. The van der Waals surface area contributed by atoms with Crippen molar-refractivity contribution in [1.29, 1.82) is 0 Å². The fraction of sp³-hybridized carbons (Fsp3) is 0.312. The van der Waals surface area contributed by atoms with Crippen LogP contribution in [-0.4, -0.2) is 31.7 Å². The van der Waals surface area contributed by atoms with Crippen molar-refractivity contribution in [3.8, 4) is 17.3 Å². The van der Waals surface area contributed by atoms with E-state index in [1.54, 1.807) is 13.4 Å². The first-order chi connectivity index (χ1) is 11.1. The Labute approximate surface area is 134 Å². The first kappa shape index (κ1) is 15.1. The molecule has 3 aromatic rings. The number of methoxy groups -OCH3 is 1. The topological polar surface area (TPSA) is 83.8 Å². The van der Waals surface area contributed by atoms with Crippen LogP contribution in [0.1, 0.15) is 18.2 Å². The number of nitrogens with zero attached hydrogens (tertiary/aromatic N) is 5. The monoisotopic (exact) mass is 312 g/mol. The molecule has 2 heterocycles. The van der Waals surface area contributed by atoms with E-state index in [9.17, 15) is 0 Å². The fourth-order valence-electron chi connectivity index (χ4n) is 2.54. The normalized spacial score (nSPS) is 10.9. The van der Waals surface area contributed by atoms with E-state index in [1.165, 1.54) is 0 Å². The molecule has 0 aliphatic heterocycles. The van der Waals surface area contributed by atoms with Gasteiger partial charge in [0.15, 0.2) is 5.82 Å². The number of nitrogen functional groups attached to an aromatic ring is 1. The summed E-state index contributed by atoms with van der Waals surface area (Å²) in [5, 5.41) is 12.7. The Morgan fingerprint density at radius 1 is 1.22 bits per heavy atom. The van der Waals surface area contributed by atoms with Gasteiger partial charge in [-0.15, -0.1) is 10.2 Å². The van der Waals surface area contributed by atoms with E-state index in [0.717, 1.165) is 35.1 Å². The number of ether oxygens (including phenoxy) is 1. The van der Waals surface area contributed by atoms with Crippen LogP contribution in [0.2, 0.25) is 0 Å². The van der Waals surface area contributed by atoms with E-state index in [4.69, 9.17) is 10.5 Å². The predicted molar refractivity (Wildman–Crippen MR) is 88.2 cm³/mol. The fourth-order valence-corrected chi connectivity index (χ4v) is 2.54. The van der Waals surface area contributed by atoms with E-state index >= 15 is 0 Å². The Bertz CT molecular complexity index is 803. The molecule has 3 rings (SSSR count). The first-order valence-electron chi connectivity index (χ1n) is 7.48. The summed E-state index contributed by atoms with van der Waals surface area (Å²) in [6, 6.07) is 7.92. The van der Waals surface area contributed by atoms with Crippen LogP contribution in [0.3, 0.4) is 0 Å². The van der Waals surface area contributed by atoms with Gasteiger partial charge in [0.05, 0.1) is 25.0 Å². The van der Waals surface area contributed by atoms with Gasteiger partial charge in [0.1, 0.15) is 17.8 Å². The summed E-state index contributed by atoms with van der Waals surface area (Å²) in [7, 11) is 1.66. The molecule has 0 atom stereocenters. The number of rotatable bonds is 5. The van der Waals surface area contributed by atoms with Crippen molar-refractivity contribution in [3.63, 3.8) is 0 Å². The molecule has 0 saturated carbocycles. The molecular weight excluding hydrogens is 292 g/mol. The molecule has 120 valence electrons. The predicted octanol–water partition coefficient (Wildman–Crippen LogP) is 2.11. The van der Waals surface area contributed by atoms with Crippen LogP contribution in [0.25, 0.3) is 11.5 Å². The molecule has 0 spiro atoms. The van der Waals surface area contributed by atoms with Crippen LogP contribution in [0.5, 0.6) is 5.75 Å². The third-order valence-corrected chi connectivity index (χ3v) is 3.81. The molecule has 23 heavy (non-hydrogen) atoms. The van der Waals surface area contributed by atoms with Crippen molar-refractivity contribution in [1.82, 2.24) is 24.5 Å². The van der Waals surface area contributed by atoms with Gasteiger partial charge in [-0.25, -0.2) is 0 Å². The van der Waals surface area contributed by atoms with Crippen molar-refractivity contribution in [2.75, 3.05) is 12.8 Å². The minimum atomic E-state index is 0.649. The van der Waals surface area contributed by atoms with Crippen LogP contribution >= 0.6 is 0 Å². The molecule has 0 aliphatic rings. The van der Waals surface area contributed by atoms with Crippen LogP contribution in [-0.2, 0) is 13.1 Å². The summed E-state index contributed by atoms with van der Waals surface area (Å²) < 4.78 is 9.02. The maximum atomic E-state index is 6.19. The lowest BCUT2D eigenvalue weighted by Crippen LogP contribution is -2.07. The molecular formula is C16H20N6O. The second-order valence-corrected chi connectivity index (χ2v) is 5.29. The third kappa shape index (κ3) is 2.77. The molecule has 2 N–H and O–H groups in total. The largest absolute Gasteiger partial charge is 0.497 e. The average molecular weight is 312 g/mol. The Morgan fingerprint density at radius 3 is 2.61 bits per heavy atom. The van der Waals surface area contributed by atoms with Gasteiger partial charge in [0, 0.05) is 6.54 Å². The van der Waals surface area contributed by atoms with Crippen molar-refractivity contribution < 1.29 is 4.74 Å².